The van der Waals surface area contributed by atoms with E-state index in [1.807, 2.05) is 17.5 Å². The lowest BCUT2D eigenvalue weighted by Gasteiger charge is -2.04. The molecule has 4 rings (SSSR count). The molecular weight excluding hydrogens is 380 g/mol. The SMILES string of the molecule is Nc1c(-c2nc(-c3cccc(Cl)c3)cs2)nnn1-c1cc(F)ccc1F. The molecule has 2 heterocycles. The second kappa shape index (κ2) is 6.47. The van der Waals surface area contributed by atoms with E-state index in [1.165, 1.54) is 11.3 Å². The minimum absolute atomic E-state index is 0.0708. The largest absolute Gasteiger partial charge is 0.382 e. The van der Waals surface area contributed by atoms with E-state index in [0.717, 1.165) is 28.4 Å². The van der Waals surface area contributed by atoms with Gasteiger partial charge in [0, 0.05) is 22.0 Å². The molecule has 5 nitrogen and oxygen atoms in total. The first-order chi connectivity index (χ1) is 12.5. The van der Waals surface area contributed by atoms with Crippen LogP contribution in [0.5, 0.6) is 0 Å². The normalized spacial score (nSPS) is 11.0. The third kappa shape index (κ3) is 2.93. The number of nitrogens with two attached hydrogens (primary N) is 1. The molecule has 9 heteroatoms. The topological polar surface area (TPSA) is 69.6 Å². The van der Waals surface area contributed by atoms with Crippen molar-refractivity contribution >= 4 is 28.8 Å². The first-order valence-electron chi connectivity index (χ1n) is 7.41. The molecule has 0 bridgehead atoms. The monoisotopic (exact) mass is 389 g/mol. The Morgan fingerprint density at radius 2 is 1.96 bits per heavy atom. The van der Waals surface area contributed by atoms with Crippen molar-refractivity contribution in [2.45, 2.75) is 0 Å². The lowest BCUT2D eigenvalue weighted by atomic mass is 10.2. The highest BCUT2D eigenvalue weighted by molar-refractivity contribution is 7.13. The lowest BCUT2D eigenvalue weighted by molar-refractivity contribution is 0.585. The number of anilines is 1. The summed E-state index contributed by atoms with van der Waals surface area (Å²) in [5.74, 6) is -1.19. The van der Waals surface area contributed by atoms with Crippen LogP contribution < -0.4 is 5.73 Å². The summed E-state index contributed by atoms with van der Waals surface area (Å²) in [6, 6.07) is 10.3. The van der Waals surface area contributed by atoms with E-state index in [0.29, 0.717) is 21.4 Å². The maximum absolute atomic E-state index is 14.0. The van der Waals surface area contributed by atoms with Crippen LogP contribution >= 0.6 is 22.9 Å². The molecule has 2 N–H and O–H groups in total. The lowest BCUT2D eigenvalue weighted by Crippen LogP contribution is -2.05. The predicted octanol–water partition coefficient (Wildman–Crippen LogP) is 4.57. The fourth-order valence-corrected chi connectivity index (χ4v) is 3.44. The number of halogens is 3. The van der Waals surface area contributed by atoms with Crippen molar-refractivity contribution in [3.05, 3.63) is 64.5 Å². The van der Waals surface area contributed by atoms with Crippen LogP contribution in [-0.4, -0.2) is 20.0 Å². The Morgan fingerprint density at radius 1 is 1.12 bits per heavy atom. The number of thiazole rings is 1. The van der Waals surface area contributed by atoms with Gasteiger partial charge in [0.25, 0.3) is 0 Å². The third-order valence-electron chi connectivity index (χ3n) is 3.67. The van der Waals surface area contributed by atoms with Crippen LogP contribution in [0, 0.1) is 11.6 Å². The molecule has 4 aromatic rings. The van der Waals surface area contributed by atoms with E-state index in [1.54, 1.807) is 12.1 Å². The van der Waals surface area contributed by atoms with Crippen LogP contribution in [0.25, 0.3) is 27.6 Å². The maximum Gasteiger partial charge on any atom is 0.165 e. The summed E-state index contributed by atoms with van der Waals surface area (Å²) in [5, 5.41) is 10.8. The smallest absolute Gasteiger partial charge is 0.165 e. The van der Waals surface area contributed by atoms with E-state index in [4.69, 9.17) is 17.3 Å². The van der Waals surface area contributed by atoms with E-state index >= 15 is 0 Å². The second-order valence-electron chi connectivity index (χ2n) is 5.38. The van der Waals surface area contributed by atoms with E-state index in [9.17, 15) is 8.78 Å². The molecule has 2 aromatic heterocycles. The van der Waals surface area contributed by atoms with Crippen molar-refractivity contribution < 1.29 is 8.78 Å². The number of hydrogen-bond acceptors (Lipinski definition) is 5. The number of benzene rings is 2. The van der Waals surface area contributed by atoms with Gasteiger partial charge in [-0.15, -0.1) is 16.4 Å². The number of nitrogens with zero attached hydrogens (tertiary/aromatic N) is 4. The molecule has 0 spiro atoms. The van der Waals surface area contributed by atoms with Gasteiger partial charge in [-0.2, -0.15) is 4.68 Å². The Morgan fingerprint density at radius 3 is 2.77 bits per heavy atom. The zero-order chi connectivity index (χ0) is 18.3. The molecule has 0 aliphatic rings. The molecule has 0 fully saturated rings. The third-order valence-corrected chi connectivity index (χ3v) is 4.75. The molecule has 0 saturated carbocycles. The Hall–Kier alpha value is -2.84. The molecule has 0 radical (unpaired) electrons. The number of nitrogen functional groups attached to an aromatic ring is 1. The number of rotatable bonds is 3. The summed E-state index contributed by atoms with van der Waals surface area (Å²) < 4.78 is 28.5. The van der Waals surface area contributed by atoms with Crippen molar-refractivity contribution in [2.75, 3.05) is 5.73 Å². The van der Waals surface area contributed by atoms with Crippen molar-refractivity contribution in [1.82, 2.24) is 20.0 Å². The number of hydrogen-bond donors (Lipinski definition) is 1. The van der Waals surface area contributed by atoms with Gasteiger partial charge in [-0.1, -0.05) is 28.9 Å². The Bertz CT molecular complexity index is 1110. The van der Waals surface area contributed by atoms with Crippen LogP contribution in [0.15, 0.2) is 47.8 Å². The van der Waals surface area contributed by atoms with Crippen molar-refractivity contribution in [3.63, 3.8) is 0 Å². The van der Waals surface area contributed by atoms with Crippen LogP contribution in [0.1, 0.15) is 0 Å². The molecule has 2 aromatic carbocycles. The van der Waals surface area contributed by atoms with Crippen LogP contribution in [-0.2, 0) is 0 Å². The summed E-state index contributed by atoms with van der Waals surface area (Å²) >= 11 is 7.32. The Labute approximate surface area is 155 Å². The highest BCUT2D eigenvalue weighted by Gasteiger charge is 2.19. The second-order valence-corrected chi connectivity index (χ2v) is 6.67. The summed E-state index contributed by atoms with van der Waals surface area (Å²) in [4.78, 5) is 4.50. The van der Waals surface area contributed by atoms with Crippen LogP contribution in [0.2, 0.25) is 5.02 Å². The molecule has 130 valence electrons. The fourth-order valence-electron chi connectivity index (χ4n) is 2.43. The van der Waals surface area contributed by atoms with Gasteiger partial charge >= 0.3 is 0 Å². The average Bonchev–Trinajstić information content (AvgIpc) is 3.24. The van der Waals surface area contributed by atoms with Gasteiger partial charge in [0.05, 0.1) is 5.69 Å². The molecular formula is C17H10ClF2N5S. The van der Waals surface area contributed by atoms with Gasteiger partial charge in [0.1, 0.15) is 22.3 Å². The van der Waals surface area contributed by atoms with Gasteiger partial charge in [0.15, 0.2) is 11.5 Å². The first-order valence-corrected chi connectivity index (χ1v) is 8.67. The molecule has 0 saturated heterocycles. The zero-order valence-corrected chi connectivity index (χ0v) is 14.6. The van der Waals surface area contributed by atoms with Gasteiger partial charge in [0.2, 0.25) is 0 Å². The summed E-state index contributed by atoms with van der Waals surface area (Å²) in [6.07, 6.45) is 0. The number of aromatic nitrogens is 4. The van der Waals surface area contributed by atoms with E-state index in [-0.39, 0.29) is 11.5 Å². The highest BCUT2D eigenvalue weighted by atomic mass is 35.5. The minimum Gasteiger partial charge on any atom is -0.382 e. The van der Waals surface area contributed by atoms with E-state index < -0.39 is 11.6 Å². The van der Waals surface area contributed by atoms with Gasteiger partial charge in [-0.3, -0.25) is 0 Å². The summed E-state index contributed by atoms with van der Waals surface area (Å²) in [6.45, 7) is 0. The van der Waals surface area contributed by atoms with Crippen molar-refractivity contribution in [1.29, 1.82) is 0 Å². The van der Waals surface area contributed by atoms with Gasteiger partial charge in [-0.05, 0) is 24.3 Å². The maximum atomic E-state index is 14.0. The predicted molar refractivity (Wildman–Crippen MR) is 97.2 cm³/mol. The molecule has 26 heavy (non-hydrogen) atoms. The Kier molecular flexibility index (Phi) is 4.14. The zero-order valence-electron chi connectivity index (χ0n) is 13.0. The molecule has 0 aliphatic carbocycles. The van der Waals surface area contributed by atoms with Crippen molar-refractivity contribution in [3.8, 4) is 27.6 Å². The molecule has 0 atom stereocenters. The van der Waals surface area contributed by atoms with E-state index in [2.05, 4.69) is 15.3 Å². The van der Waals surface area contributed by atoms with Crippen LogP contribution in [0.3, 0.4) is 0 Å². The Balaban J connectivity index is 1.74. The quantitative estimate of drug-likeness (QED) is 0.557. The van der Waals surface area contributed by atoms with Gasteiger partial charge < -0.3 is 5.73 Å². The highest BCUT2D eigenvalue weighted by Crippen LogP contribution is 2.32. The standard InChI is InChI=1S/C17H10ClF2N5S/c18-10-3-1-2-9(6-10)13-8-26-17(22-13)15-16(21)25(24-23-15)14-7-11(19)4-5-12(14)20/h1-8H,21H2. The van der Waals surface area contributed by atoms with Gasteiger partial charge in [-0.25, -0.2) is 13.8 Å². The molecule has 0 aliphatic heterocycles. The summed E-state index contributed by atoms with van der Waals surface area (Å²) in [7, 11) is 0. The first kappa shape index (κ1) is 16.6. The van der Waals surface area contributed by atoms with Crippen LogP contribution in [0.4, 0.5) is 14.6 Å². The van der Waals surface area contributed by atoms with Crippen molar-refractivity contribution in [2.24, 2.45) is 0 Å². The fraction of sp³-hybridized carbons (Fsp3) is 0. The summed E-state index contributed by atoms with van der Waals surface area (Å²) in [5.41, 5.74) is 7.79. The molecule has 0 amide bonds. The minimum atomic E-state index is -0.659. The molecule has 0 unspecified atom stereocenters. The average molecular weight is 390 g/mol.